The van der Waals surface area contributed by atoms with Gasteiger partial charge in [0.15, 0.2) is 5.78 Å². The highest BCUT2D eigenvalue weighted by molar-refractivity contribution is 5.97. The first kappa shape index (κ1) is 11.8. The molecule has 1 aromatic carbocycles. The molecule has 0 aliphatic rings. The second kappa shape index (κ2) is 4.04. The van der Waals surface area contributed by atoms with Crippen LogP contribution in [-0.4, -0.2) is 5.78 Å². The Balaban J connectivity index is 3.40. The normalized spacial score (nSPS) is 11.5. The van der Waals surface area contributed by atoms with E-state index in [1.807, 2.05) is 0 Å². The zero-order valence-corrected chi connectivity index (χ0v) is 8.48. The van der Waals surface area contributed by atoms with Gasteiger partial charge in [0, 0.05) is 12.0 Å². The van der Waals surface area contributed by atoms with Gasteiger partial charge in [0.1, 0.15) is 0 Å². The highest BCUT2D eigenvalue weighted by Gasteiger charge is 2.36. The molecule has 1 nitrogen and oxygen atoms in total. The van der Waals surface area contributed by atoms with Gasteiger partial charge in [-0.05, 0) is 12.5 Å². The first-order valence-corrected chi connectivity index (χ1v) is 4.58. The number of hydrogen-bond acceptors (Lipinski definition) is 1. The van der Waals surface area contributed by atoms with E-state index in [-0.39, 0.29) is 17.5 Å². The van der Waals surface area contributed by atoms with E-state index in [0.29, 0.717) is 0 Å². The Hall–Kier alpha value is -1.32. The quantitative estimate of drug-likeness (QED) is 0.690. The van der Waals surface area contributed by atoms with Crippen molar-refractivity contribution in [3.63, 3.8) is 0 Å². The Labute approximate surface area is 85.9 Å². The van der Waals surface area contributed by atoms with Gasteiger partial charge in [0.05, 0.1) is 5.56 Å². The summed E-state index contributed by atoms with van der Waals surface area (Å²) in [6.45, 7) is 2.90. The minimum absolute atomic E-state index is 0.0759. The SMILES string of the molecule is CCC(=O)c1cccc(C)c1C(F)(F)F. The third kappa shape index (κ3) is 2.37. The van der Waals surface area contributed by atoms with Gasteiger partial charge in [0.25, 0.3) is 0 Å². The van der Waals surface area contributed by atoms with Crippen LogP contribution in [0.2, 0.25) is 0 Å². The summed E-state index contributed by atoms with van der Waals surface area (Å²) in [4.78, 5) is 11.3. The summed E-state index contributed by atoms with van der Waals surface area (Å²) in [6.07, 6.45) is -4.39. The molecule has 0 heterocycles. The number of ketones is 1. The van der Waals surface area contributed by atoms with Crippen LogP contribution in [0.25, 0.3) is 0 Å². The smallest absolute Gasteiger partial charge is 0.294 e. The van der Waals surface area contributed by atoms with Crippen LogP contribution in [0.15, 0.2) is 18.2 Å². The van der Waals surface area contributed by atoms with E-state index >= 15 is 0 Å². The van der Waals surface area contributed by atoms with Crippen molar-refractivity contribution >= 4 is 5.78 Å². The second-order valence-corrected chi connectivity index (χ2v) is 3.27. The molecule has 0 saturated carbocycles. The van der Waals surface area contributed by atoms with Crippen molar-refractivity contribution in [2.75, 3.05) is 0 Å². The number of benzene rings is 1. The van der Waals surface area contributed by atoms with Gasteiger partial charge >= 0.3 is 6.18 Å². The monoisotopic (exact) mass is 216 g/mol. The second-order valence-electron chi connectivity index (χ2n) is 3.27. The number of halogens is 3. The van der Waals surface area contributed by atoms with Crippen molar-refractivity contribution in [2.24, 2.45) is 0 Å². The molecular formula is C11H11F3O. The fourth-order valence-electron chi connectivity index (χ4n) is 1.47. The van der Waals surface area contributed by atoms with E-state index in [1.54, 1.807) is 6.92 Å². The number of hydrogen-bond donors (Lipinski definition) is 0. The minimum Gasteiger partial charge on any atom is -0.294 e. The Bertz CT molecular complexity index is 380. The standard InChI is InChI=1S/C11H11F3O/c1-3-9(15)8-6-4-5-7(2)10(8)11(12,13)14/h4-6H,3H2,1-2H3. The van der Waals surface area contributed by atoms with Gasteiger partial charge in [-0.3, -0.25) is 4.79 Å². The van der Waals surface area contributed by atoms with Crippen molar-refractivity contribution in [1.29, 1.82) is 0 Å². The molecule has 0 amide bonds. The lowest BCUT2D eigenvalue weighted by atomic mass is 9.97. The molecule has 1 rings (SSSR count). The highest BCUT2D eigenvalue weighted by atomic mass is 19.4. The molecule has 82 valence electrons. The molecule has 4 heteroatoms. The summed E-state index contributed by atoms with van der Waals surface area (Å²) < 4.78 is 38.0. The average molecular weight is 216 g/mol. The van der Waals surface area contributed by atoms with Crippen molar-refractivity contribution < 1.29 is 18.0 Å². The number of carbonyl (C=O) groups is 1. The zero-order valence-electron chi connectivity index (χ0n) is 8.48. The lowest BCUT2D eigenvalue weighted by Gasteiger charge is -2.14. The number of rotatable bonds is 2. The molecule has 0 N–H and O–H groups in total. The van der Waals surface area contributed by atoms with E-state index < -0.39 is 17.5 Å². The van der Waals surface area contributed by atoms with Crippen molar-refractivity contribution in [3.8, 4) is 0 Å². The molecule has 0 atom stereocenters. The molecular weight excluding hydrogens is 205 g/mol. The molecule has 0 aliphatic carbocycles. The molecule has 0 saturated heterocycles. The average Bonchev–Trinajstić information content (AvgIpc) is 2.14. The van der Waals surface area contributed by atoms with E-state index in [4.69, 9.17) is 0 Å². The molecule has 1 aromatic rings. The summed E-state index contributed by atoms with van der Waals surface area (Å²) in [7, 11) is 0. The van der Waals surface area contributed by atoms with Gasteiger partial charge in [-0.25, -0.2) is 0 Å². The van der Waals surface area contributed by atoms with Gasteiger partial charge in [0.2, 0.25) is 0 Å². The summed E-state index contributed by atoms with van der Waals surface area (Å²) in [6, 6.07) is 4.05. The number of carbonyl (C=O) groups excluding carboxylic acids is 1. The van der Waals surface area contributed by atoms with E-state index in [1.165, 1.54) is 25.1 Å². The molecule has 15 heavy (non-hydrogen) atoms. The van der Waals surface area contributed by atoms with Crippen LogP contribution in [0.1, 0.15) is 34.8 Å². The van der Waals surface area contributed by atoms with Crippen LogP contribution >= 0.6 is 0 Å². The van der Waals surface area contributed by atoms with Crippen LogP contribution in [0, 0.1) is 6.92 Å². The van der Waals surface area contributed by atoms with Crippen molar-refractivity contribution in [3.05, 3.63) is 34.9 Å². The van der Waals surface area contributed by atoms with Crippen LogP contribution in [0.4, 0.5) is 13.2 Å². The maximum atomic E-state index is 12.7. The summed E-state index contributed by atoms with van der Waals surface area (Å²) in [5.41, 5.74) is -0.955. The third-order valence-corrected chi connectivity index (χ3v) is 2.18. The summed E-state index contributed by atoms with van der Waals surface area (Å²) >= 11 is 0. The largest absolute Gasteiger partial charge is 0.417 e. The van der Waals surface area contributed by atoms with E-state index in [9.17, 15) is 18.0 Å². The Kier molecular flexibility index (Phi) is 3.17. The lowest BCUT2D eigenvalue weighted by Crippen LogP contribution is -2.14. The van der Waals surface area contributed by atoms with Gasteiger partial charge in [-0.2, -0.15) is 13.2 Å². The van der Waals surface area contributed by atoms with Crippen LogP contribution in [0.3, 0.4) is 0 Å². The molecule has 0 aromatic heterocycles. The Morgan fingerprint density at radius 3 is 2.40 bits per heavy atom. The molecule has 0 bridgehead atoms. The molecule has 0 fully saturated rings. The van der Waals surface area contributed by atoms with Crippen molar-refractivity contribution in [2.45, 2.75) is 26.4 Å². The van der Waals surface area contributed by atoms with E-state index in [0.717, 1.165) is 0 Å². The molecule has 0 spiro atoms. The third-order valence-electron chi connectivity index (χ3n) is 2.18. The fourth-order valence-corrected chi connectivity index (χ4v) is 1.47. The van der Waals surface area contributed by atoms with Crippen LogP contribution in [-0.2, 0) is 6.18 Å². The van der Waals surface area contributed by atoms with Crippen molar-refractivity contribution in [1.82, 2.24) is 0 Å². The zero-order chi connectivity index (χ0) is 11.6. The predicted molar refractivity (Wildman–Crippen MR) is 50.8 cm³/mol. The molecule has 0 aliphatic heterocycles. The molecule has 0 unspecified atom stereocenters. The molecule has 0 radical (unpaired) electrons. The van der Waals surface area contributed by atoms with Gasteiger partial charge in [-0.1, -0.05) is 25.1 Å². The van der Waals surface area contributed by atoms with Gasteiger partial charge in [-0.15, -0.1) is 0 Å². The lowest BCUT2D eigenvalue weighted by molar-refractivity contribution is -0.138. The Morgan fingerprint density at radius 1 is 1.33 bits per heavy atom. The highest BCUT2D eigenvalue weighted by Crippen LogP contribution is 2.34. The first-order valence-electron chi connectivity index (χ1n) is 4.58. The number of Topliss-reactive ketones (excluding diaryl/α,β-unsaturated/α-hetero) is 1. The summed E-state index contributed by atoms with van der Waals surface area (Å²) in [5.74, 6) is -0.481. The minimum atomic E-state index is -4.47. The first-order chi connectivity index (χ1) is 6.88. The van der Waals surface area contributed by atoms with E-state index in [2.05, 4.69) is 0 Å². The topological polar surface area (TPSA) is 17.1 Å². The number of alkyl halides is 3. The summed E-state index contributed by atoms with van der Waals surface area (Å²) in [5, 5.41) is 0. The predicted octanol–water partition coefficient (Wildman–Crippen LogP) is 3.61. The maximum Gasteiger partial charge on any atom is 0.417 e. The van der Waals surface area contributed by atoms with Crippen LogP contribution in [0.5, 0.6) is 0 Å². The maximum absolute atomic E-state index is 12.7. The van der Waals surface area contributed by atoms with Gasteiger partial charge < -0.3 is 0 Å². The Morgan fingerprint density at radius 2 is 1.93 bits per heavy atom. The number of aryl methyl sites for hydroxylation is 1. The fraction of sp³-hybridized carbons (Fsp3) is 0.364. The van der Waals surface area contributed by atoms with Crippen LogP contribution < -0.4 is 0 Å².